The standard InChI is InChI=1S/C16H28N4O2/c17-5-2-8-20-7-1-4-15(14-20)16(21)18-6-3-9-19-10-12-22-13-11-19/h15H,1-4,6-14H2,(H,18,21). The fourth-order valence-electron chi connectivity index (χ4n) is 3.16. The third-order valence-electron chi connectivity index (χ3n) is 4.47. The van der Waals surface area contributed by atoms with Gasteiger partial charge in [-0.15, -0.1) is 0 Å². The molecular formula is C16H28N4O2. The molecule has 1 unspecified atom stereocenters. The molecule has 0 saturated carbocycles. The quantitative estimate of drug-likeness (QED) is 0.692. The molecule has 2 aliphatic rings. The van der Waals surface area contributed by atoms with Crippen molar-refractivity contribution in [1.82, 2.24) is 15.1 Å². The fraction of sp³-hybridized carbons (Fsp3) is 0.875. The highest BCUT2D eigenvalue weighted by Crippen LogP contribution is 2.16. The molecular weight excluding hydrogens is 280 g/mol. The van der Waals surface area contributed by atoms with Gasteiger partial charge in [0.2, 0.25) is 5.91 Å². The molecule has 2 saturated heterocycles. The Balaban J connectivity index is 1.58. The van der Waals surface area contributed by atoms with Crippen LogP contribution in [0.4, 0.5) is 0 Å². The molecule has 1 atom stereocenters. The summed E-state index contributed by atoms with van der Waals surface area (Å²) in [7, 11) is 0. The molecule has 0 spiro atoms. The van der Waals surface area contributed by atoms with Crippen LogP contribution in [0.25, 0.3) is 0 Å². The zero-order chi connectivity index (χ0) is 15.6. The van der Waals surface area contributed by atoms with Crippen LogP contribution < -0.4 is 5.32 Å². The minimum absolute atomic E-state index is 0.0934. The first-order valence-corrected chi connectivity index (χ1v) is 8.46. The summed E-state index contributed by atoms with van der Waals surface area (Å²) >= 11 is 0. The third-order valence-corrected chi connectivity index (χ3v) is 4.47. The van der Waals surface area contributed by atoms with Crippen molar-refractivity contribution in [1.29, 1.82) is 5.26 Å². The minimum Gasteiger partial charge on any atom is -0.379 e. The van der Waals surface area contributed by atoms with Crippen molar-refractivity contribution in [3.8, 4) is 6.07 Å². The predicted molar refractivity (Wildman–Crippen MR) is 84.3 cm³/mol. The zero-order valence-electron chi connectivity index (χ0n) is 13.4. The number of nitrogens with one attached hydrogen (secondary N) is 1. The van der Waals surface area contributed by atoms with Crippen molar-refractivity contribution in [2.75, 3.05) is 59.0 Å². The van der Waals surface area contributed by atoms with Crippen LogP contribution in [0.15, 0.2) is 0 Å². The lowest BCUT2D eigenvalue weighted by molar-refractivity contribution is -0.126. The van der Waals surface area contributed by atoms with E-state index in [2.05, 4.69) is 21.2 Å². The molecule has 2 rings (SSSR count). The largest absolute Gasteiger partial charge is 0.379 e. The Kier molecular flexibility index (Phi) is 7.64. The van der Waals surface area contributed by atoms with Gasteiger partial charge in [-0.05, 0) is 32.4 Å². The number of likely N-dealkylation sites (tertiary alicyclic amines) is 1. The lowest BCUT2D eigenvalue weighted by Gasteiger charge is -2.31. The van der Waals surface area contributed by atoms with E-state index in [0.717, 1.165) is 78.3 Å². The smallest absolute Gasteiger partial charge is 0.224 e. The second-order valence-electron chi connectivity index (χ2n) is 6.15. The Morgan fingerprint density at radius 2 is 2.05 bits per heavy atom. The maximum atomic E-state index is 12.2. The van der Waals surface area contributed by atoms with Gasteiger partial charge in [0.25, 0.3) is 0 Å². The van der Waals surface area contributed by atoms with Crippen molar-refractivity contribution >= 4 is 5.91 Å². The zero-order valence-corrected chi connectivity index (χ0v) is 13.4. The minimum atomic E-state index is 0.0934. The Morgan fingerprint density at radius 3 is 2.82 bits per heavy atom. The van der Waals surface area contributed by atoms with Crippen molar-refractivity contribution < 1.29 is 9.53 Å². The van der Waals surface area contributed by atoms with E-state index in [-0.39, 0.29) is 11.8 Å². The van der Waals surface area contributed by atoms with E-state index in [4.69, 9.17) is 10.00 Å². The van der Waals surface area contributed by atoms with Gasteiger partial charge < -0.3 is 15.0 Å². The van der Waals surface area contributed by atoms with Gasteiger partial charge in [-0.1, -0.05) is 0 Å². The Bertz CT molecular complexity index is 377. The average Bonchev–Trinajstić information content (AvgIpc) is 2.58. The Labute approximate surface area is 133 Å². The topological polar surface area (TPSA) is 68.6 Å². The molecule has 0 bridgehead atoms. The number of morpholine rings is 1. The van der Waals surface area contributed by atoms with Crippen LogP contribution in [0.5, 0.6) is 0 Å². The first kappa shape index (κ1) is 17.2. The van der Waals surface area contributed by atoms with E-state index in [1.807, 2.05) is 0 Å². The Morgan fingerprint density at radius 1 is 1.23 bits per heavy atom. The Hall–Kier alpha value is -1.16. The molecule has 6 nitrogen and oxygen atoms in total. The van der Waals surface area contributed by atoms with Gasteiger partial charge in [-0.2, -0.15) is 5.26 Å². The van der Waals surface area contributed by atoms with Crippen LogP contribution in [-0.4, -0.2) is 74.7 Å². The molecule has 1 amide bonds. The third kappa shape index (κ3) is 5.91. The molecule has 0 aromatic carbocycles. The molecule has 0 aliphatic carbocycles. The molecule has 2 fully saturated rings. The second kappa shape index (κ2) is 9.78. The van der Waals surface area contributed by atoms with Crippen LogP contribution in [0.1, 0.15) is 25.7 Å². The molecule has 6 heteroatoms. The maximum Gasteiger partial charge on any atom is 0.224 e. The lowest BCUT2D eigenvalue weighted by atomic mass is 9.97. The number of hydrogen-bond donors (Lipinski definition) is 1. The lowest BCUT2D eigenvalue weighted by Crippen LogP contribution is -2.44. The summed E-state index contributed by atoms with van der Waals surface area (Å²) in [6, 6.07) is 2.18. The summed E-state index contributed by atoms with van der Waals surface area (Å²) < 4.78 is 5.33. The van der Waals surface area contributed by atoms with E-state index in [1.165, 1.54) is 0 Å². The van der Waals surface area contributed by atoms with Crippen molar-refractivity contribution in [3.05, 3.63) is 0 Å². The number of amides is 1. The number of nitrogens with zero attached hydrogens (tertiary/aromatic N) is 3. The normalized spacial score (nSPS) is 23.9. The summed E-state index contributed by atoms with van der Waals surface area (Å²) in [4.78, 5) is 16.9. The maximum absolute atomic E-state index is 12.2. The van der Waals surface area contributed by atoms with E-state index in [1.54, 1.807) is 0 Å². The van der Waals surface area contributed by atoms with Crippen LogP contribution >= 0.6 is 0 Å². The number of ether oxygens (including phenoxy) is 1. The molecule has 124 valence electrons. The molecule has 2 heterocycles. The molecule has 1 N–H and O–H groups in total. The first-order valence-electron chi connectivity index (χ1n) is 8.46. The van der Waals surface area contributed by atoms with Crippen molar-refractivity contribution in [2.45, 2.75) is 25.7 Å². The monoisotopic (exact) mass is 308 g/mol. The van der Waals surface area contributed by atoms with Gasteiger partial charge in [-0.3, -0.25) is 9.69 Å². The molecule has 22 heavy (non-hydrogen) atoms. The van der Waals surface area contributed by atoms with E-state index >= 15 is 0 Å². The molecule has 0 radical (unpaired) electrons. The fourth-order valence-corrected chi connectivity index (χ4v) is 3.16. The second-order valence-corrected chi connectivity index (χ2v) is 6.15. The van der Waals surface area contributed by atoms with Gasteiger partial charge in [0.15, 0.2) is 0 Å². The van der Waals surface area contributed by atoms with Gasteiger partial charge in [0.1, 0.15) is 0 Å². The first-order chi connectivity index (χ1) is 10.8. The number of piperidine rings is 1. The number of hydrogen-bond acceptors (Lipinski definition) is 5. The summed E-state index contributed by atoms with van der Waals surface area (Å²) in [5.41, 5.74) is 0. The summed E-state index contributed by atoms with van der Waals surface area (Å²) in [6.45, 7) is 8.05. The van der Waals surface area contributed by atoms with Crippen molar-refractivity contribution in [2.24, 2.45) is 5.92 Å². The van der Waals surface area contributed by atoms with Crippen LogP contribution in [0.3, 0.4) is 0 Å². The van der Waals surface area contributed by atoms with Gasteiger partial charge in [0, 0.05) is 39.1 Å². The van der Waals surface area contributed by atoms with Gasteiger partial charge >= 0.3 is 0 Å². The van der Waals surface area contributed by atoms with E-state index in [9.17, 15) is 4.79 Å². The SMILES string of the molecule is N#CCCN1CCCC(C(=O)NCCCN2CCOCC2)C1. The van der Waals surface area contributed by atoms with E-state index < -0.39 is 0 Å². The van der Waals surface area contributed by atoms with Gasteiger partial charge in [-0.25, -0.2) is 0 Å². The van der Waals surface area contributed by atoms with Crippen LogP contribution in [0.2, 0.25) is 0 Å². The molecule has 2 aliphatic heterocycles. The molecule has 0 aromatic rings. The van der Waals surface area contributed by atoms with E-state index in [0.29, 0.717) is 6.42 Å². The number of carbonyl (C=O) groups excluding carboxylic acids is 1. The number of rotatable bonds is 7. The summed E-state index contributed by atoms with van der Waals surface area (Å²) in [5, 5.41) is 11.7. The average molecular weight is 308 g/mol. The number of carbonyl (C=O) groups is 1. The highest BCUT2D eigenvalue weighted by Gasteiger charge is 2.25. The highest BCUT2D eigenvalue weighted by atomic mass is 16.5. The number of nitriles is 1. The summed E-state index contributed by atoms with van der Waals surface area (Å²) in [5.74, 6) is 0.277. The van der Waals surface area contributed by atoms with Gasteiger partial charge in [0.05, 0.1) is 25.2 Å². The molecule has 0 aromatic heterocycles. The summed E-state index contributed by atoms with van der Waals surface area (Å²) in [6.07, 6.45) is 3.57. The highest BCUT2D eigenvalue weighted by molar-refractivity contribution is 5.78. The van der Waals surface area contributed by atoms with Crippen LogP contribution in [0, 0.1) is 17.2 Å². The van der Waals surface area contributed by atoms with Crippen molar-refractivity contribution in [3.63, 3.8) is 0 Å². The predicted octanol–water partition coefficient (Wildman–Crippen LogP) is 0.451. The van der Waals surface area contributed by atoms with Crippen LogP contribution in [-0.2, 0) is 9.53 Å².